The molecule has 0 bridgehead atoms. The number of amides is 1. The van der Waals surface area contributed by atoms with E-state index in [1.54, 1.807) is 11.1 Å². The number of hydrogen-bond acceptors (Lipinski definition) is 4. The van der Waals surface area contributed by atoms with Crippen molar-refractivity contribution < 1.29 is 9.90 Å². The largest absolute Gasteiger partial charge is 0.384 e. The highest BCUT2D eigenvalue weighted by molar-refractivity contribution is 5.80. The minimum absolute atomic E-state index is 0.169. The summed E-state index contributed by atoms with van der Waals surface area (Å²) >= 11 is 0. The first-order valence-corrected chi connectivity index (χ1v) is 6.67. The van der Waals surface area contributed by atoms with Gasteiger partial charge in [-0.15, -0.1) is 0 Å². The molecule has 1 amide bonds. The van der Waals surface area contributed by atoms with Gasteiger partial charge in [0.15, 0.2) is 0 Å². The van der Waals surface area contributed by atoms with Crippen molar-refractivity contribution in [3.63, 3.8) is 0 Å². The van der Waals surface area contributed by atoms with Crippen molar-refractivity contribution in [3.8, 4) is 0 Å². The van der Waals surface area contributed by atoms with Crippen LogP contribution in [-0.2, 0) is 11.3 Å². The Hall–Kier alpha value is -1.46. The first kappa shape index (κ1) is 14.0. The lowest BCUT2D eigenvalue weighted by atomic mass is 10.1. The molecule has 1 aliphatic heterocycles. The highest BCUT2D eigenvalue weighted by Crippen LogP contribution is 2.11. The Bertz CT molecular complexity index is 440. The highest BCUT2D eigenvalue weighted by Gasteiger charge is 2.23. The predicted octanol–water partition coefficient (Wildman–Crippen LogP) is 0.415. The third kappa shape index (κ3) is 3.52. The van der Waals surface area contributed by atoms with Crippen molar-refractivity contribution in [3.05, 3.63) is 29.6 Å². The fourth-order valence-electron chi connectivity index (χ4n) is 2.32. The van der Waals surface area contributed by atoms with Gasteiger partial charge < -0.3 is 10.0 Å². The lowest BCUT2D eigenvalue weighted by Gasteiger charge is -2.35. The summed E-state index contributed by atoms with van der Waals surface area (Å²) in [5.41, 5.74) is 2.29. The van der Waals surface area contributed by atoms with Gasteiger partial charge in [0.2, 0.25) is 0 Å². The molecule has 1 unspecified atom stereocenters. The SMILES string of the molecule is Cc1ncccc1CN1CCN(C(=O)C(C)O)CC1. The molecule has 5 heteroatoms. The molecule has 0 spiro atoms. The van der Waals surface area contributed by atoms with Gasteiger partial charge in [-0.3, -0.25) is 14.7 Å². The van der Waals surface area contributed by atoms with Crippen LogP contribution in [0.4, 0.5) is 0 Å². The first-order chi connectivity index (χ1) is 9.08. The molecule has 1 aromatic rings. The highest BCUT2D eigenvalue weighted by atomic mass is 16.3. The number of rotatable bonds is 3. The molecule has 1 saturated heterocycles. The van der Waals surface area contributed by atoms with E-state index in [2.05, 4.69) is 16.0 Å². The molecular weight excluding hydrogens is 242 g/mol. The van der Waals surface area contributed by atoms with Gasteiger partial charge >= 0.3 is 0 Å². The van der Waals surface area contributed by atoms with Crippen LogP contribution in [0.5, 0.6) is 0 Å². The quantitative estimate of drug-likeness (QED) is 0.858. The zero-order valence-electron chi connectivity index (χ0n) is 11.5. The molecule has 104 valence electrons. The van der Waals surface area contributed by atoms with E-state index in [-0.39, 0.29) is 5.91 Å². The third-order valence-corrected chi connectivity index (χ3v) is 3.55. The molecule has 1 aromatic heterocycles. The number of carbonyl (C=O) groups excluding carboxylic acids is 1. The zero-order valence-corrected chi connectivity index (χ0v) is 11.5. The van der Waals surface area contributed by atoms with Crippen LogP contribution in [-0.4, -0.2) is 58.1 Å². The Kier molecular flexibility index (Phi) is 4.50. The van der Waals surface area contributed by atoms with E-state index in [1.165, 1.54) is 12.5 Å². The number of aliphatic hydroxyl groups is 1. The number of piperazine rings is 1. The molecule has 0 saturated carbocycles. The number of hydrogen-bond donors (Lipinski definition) is 1. The van der Waals surface area contributed by atoms with E-state index < -0.39 is 6.10 Å². The molecule has 0 radical (unpaired) electrons. The maximum Gasteiger partial charge on any atom is 0.251 e. The number of carbonyl (C=O) groups is 1. The maximum atomic E-state index is 11.7. The number of pyridine rings is 1. The minimum atomic E-state index is -0.896. The fourth-order valence-corrected chi connectivity index (χ4v) is 2.32. The molecule has 2 heterocycles. The molecule has 5 nitrogen and oxygen atoms in total. The maximum absolute atomic E-state index is 11.7. The first-order valence-electron chi connectivity index (χ1n) is 6.67. The molecule has 2 rings (SSSR count). The van der Waals surface area contributed by atoms with E-state index in [0.29, 0.717) is 13.1 Å². The van der Waals surface area contributed by atoms with Crippen LogP contribution in [0.15, 0.2) is 18.3 Å². The number of aromatic nitrogens is 1. The smallest absolute Gasteiger partial charge is 0.251 e. The van der Waals surface area contributed by atoms with Crippen molar-refractivity contribution in [1.82, 2.24) is 14.8 Å². The van der Waals surface area contributed by atoms with Gasteiger partial charge in [-0.05, 0) is 25.5 Å². The van der Waals surface area contributed by atoms with Crippen molar-refractivity contribution in [2.75, 3.05) is 26.2 Å². The lowest BCUT2D eigenvalue weighted by Crippen LogP contribution is -2.50. The monoisotopic (exact) mass is 263 g/mol. The van der Waals surface area contributed by atoms with Crippen LogP contribution in [0.25, 0.3) is 0 Å². The van der Waals surface area contributed by atoms with Gasteiger partial charge in [-0.1, -0.05) is 6.07 Å². The third-order valence-electron chi connectivity index (χ3n) is 3.55. The second-order valence-corrected chi connectivity index (χ2v) is 5.03. The zero-order chi connectivity index (χ0) is 13.8. The van der Waals surface area contributed by atoms with E-state index in [1.807, 2.05) is 13.0 Å². The topological polar surface area (TPSA) is 56.7 Å². The Balaban J connectivity index is 1.87. The molecule has 1 atom stereocenters. The standard InChI is InChI=1S/C14H21N3O2/c1-11-13(4-3-5-15-11)10-16-6-8-17(9-7-16)14(19)12(2)18/h3-5,12,18H,6-10H2,1-2H3. The van der Waals surface area contributed by atoms with Gasteiger partial charge in [-0.2, -0.15) is 0 Å². The van der Waals surface area contributed by atoms with Crippen molar-refractivity contribution in [2.45, 2.75) is 26.5 Å². The molecule has 1 N–H and O–H groups in total. The van der Waals surface area contributed by atoms with Crippen LogP contribution in [0.3, 0.4) is 0 Å². The van der Waals surface area contributed by atoms with E-state index in [9.17, 15) is 9.90 Å². The summed E-state index contributed by atoms with van der Waals surface area (Å²) in [7, 11) is 0. The van der Waals surface area contributed by atoms with Gasteiger partial charge in [0.25, 0.3) is 5.91 Å². The number of aryl methyl sites for hydroxylation is 1. The summed E-state index contributed by atoms with van der Waals surface area (Å²) in [6, 6.07) is 4.05. The minimum Gasteiger partial charge on any atom is -0.384 e. The summed E-state index contributed by atoms with van der Waals surface area (Å²) < 4.78 is 0. The van der Waals surface area contributed by atoms with Crippen LogP contribution < -0.4 is 0 Å². The van der Waals surface area contributed by atoms with Crippen LogP contribution in [0, 0.1) is 6.92 Å². The molecule has 0 aromatic carbocycles. The van der Waals surface area contributed by atoms with Gasteiger partial charge in [0.1, 0.15) is 6.10 Å². The molecule has 0 aliphatic carbocycles. The normalized spacial score (nSPS) is 18.4. The molecular formula is C14H21N3O2. The number of nitrogens with zero attached hydrogens (tertiary/aromatic N) is 3. The van der Waals surface area contributed by atoms with Crippen molar-refractivity contribution in [2.24, 2.45) is 0 Å². The van der Waals surface area contributed by atoms with E-state index >= 15 is 0 Å². The molecule has 19 heavy (non-hydrogen) atoms. The van der Waals surface area contributed by atoms with Crippen molar-refractivity contribution in [1.29, 1.82) is 0 Å². The molecule has 1 fully saturated rings. The Morgan fingerprint density at radius 1 is 1.42 bits per heavy atom. The average molecular weight is 263 g/mol. The second kappa shape index (κ2) is 6.12. The summed E-state index contributed by atoms with van der Waals surface area (Å²) in [6.45, 7) is 7.46. The fraction of sp³-hybridized carbons (Fsp3) is 0.571. The van der Waals surface area contributed by atoms with Crippen LogP contribution >= 0.6 is 0 Å². The summed E-state index contributed by atoms with van der Waals surface area (Å²) in [5.74, 6) is -0.169. The summed E-state index contributed by atoms with van der Waals surface area (Å²) in [5, 5.41) is 9.30. The summed E-state index contributed by atoms with van der Waals surface area (Å²) in [6.07, 6.45) is 0.907. The van der Waals surface area contributed by atoms with Gasteiger partial charge in [0, 0.05) is 44.6 Å². The Morgan fingerprint density at radius 2 is 2.11 bits per heavy atom. The van der Waals surface area contributed by atoms with Crippen molar-refractivity contribution >= 4 is 5.91 Å². The number of aliphatic hydroxyl groups excluding tert-OH is 1. The Labute approximate surface area is 113 Å². The molecule has 1 aliphatic rings. The van der Waals surface area contributed by atoms with E-state index in [4.69, 9.17) is 0 Å². The second-order valence-electron chi connectivity index (χ2n) is 5.03. The van der Waals surface area contributed by atoms with E-state index in [0.717, 1.165) is 25.3 Å². The van der Waals surface area contributed by atoms with Gasteiger partial charge in [-0.25, -0.2) is 0 Å². The van der Waals surface area contributed by atoms with Crippen LogP contribution in [0.2, 0.25) is 0 Å². The predicted molar refractivity (Wildman–Crippen MR) is 72.5 cm³/mol. The Morgan fingerprint density at radius 3 is 2.68 bits per heavy atom. The van der Waals surface area contributed by atoms with Gasteiger partial charge in [0.05, 0.1) is 0 Å². The van der Waals surface area contributed by atoms with Crippen LogP contribution in [0.1, 0.15) is 18.2 Å². The summed E-state index contributed by atoms with van der Waals surface area (Å²) in [4.78, 5) is 20.0. The lowest BCUT2D eigenvalue weighted by molar-refractivity contribution is -0.141. The average Bonchev–Trinajstić information content (AvgIpc) is 2.41.